The van der Waals surface area contributed by atoms with E-state index in [2.05, 4.69) is 13.8 Å². The molecule has 2 fully saturated rings. The summed E-state index contributed by atoms with van der Waals surface area (Å²) in [5.74, 6) is 2.27. The smallest absolute Gasteiger partial charge is 0.303 e. The molecule has 106 valence electrons. The second-order valence-corrected chi connectivity index (χ2v) is 5.65. The number of carbonyl (C=O) groups excluding carboxylic acids is 1. The minimum absolute atomic E-state index is 0.105. The van der Waals surface area contributed by atoms with E-state index in [0.29, 0.717) is 5.92 Å². The molecule has 18 heavy (non-hydrogen) atoms. The Balaban J connectivity index is 0.000000771. The number of rotatable bonds is 4. The average molecular weight is 254 g/mol. The minimum Gasteiger partial charge on any atom is -0.459 e. The fourth-order valence-corrected chi connectivity index (χ4v) is 4.17. The number of hydrogen-bond donors (Lipinski definition) is 0. The van der Waals surface area contributed by atoms with Crippen LogP contribution in [0.5, 0.6) is 0 Å². The first-order valence-electron chi connectivity index (χ1n) is 7.81. The lowest BCUT2D eigenvalue weighted by Gasteiger charge is -2.41. The third kappa shape index (κ3) is 2.89. The van der Waals surface area contributed by atoms with Crippen molar-refractivity contribution in [3.8, 4) is 0 Å². The topological polar surface area (TPSA) is 26.3 Å². The molecule has 0 amide bonds. The molecule has 2 bridgehead atoms. The maximum Gasteiger partial charge on any atom is 0.303 e. The lowest BCUT2D eigenvalue weighted by molar-refractivity contribution is -0.167. The van der Waals surface area contributed by atoms with Gasteiger partial charge in [-0.1, -0.05) is 34.1 Å². The van der Waals surface area contributed by atoms with Crippen molar-refractivity contribution in [1.82, 2.24) is 0 Å². The monoisotopic (exact) mass is 254 g/mol. The van der Waals surface area contributed by atoms with Gasteiger partial charge in [-0.3, -0.25) is 4.79 Å². The molecule has 0 aliphatic heterocycles. The summed E-state index contributed by atoms with van der Waals surface area (Å²) in [5.41, 5.74) is -0.161. The highest BCUT2D eigenvalue weighted by Gasteiger charge is 2.50. The van der Waals surface area contributed by atoms with Gasteiger partial charge in [0.05, 0.1) is 0 Å². The van der Waals surface area contributed by atoms with Crippen LogP contribution in [0.1, 0.15) is 73.1 Å². The molecule has 0 saturated heterocycles. The van der Waals surface area contributed by atoms with Crippen LogP contribution in [0.4, 0.5) is 0 Å². The van der Waals surface area contributed by atoms with E-state index in [-0.39, 0.29) is 11.6 Å². The Morgan fingerprint density at radius 2 is 1.78 bits per heavy atom. The zero-order valence-electron chi connectivity index (χ0n) is 12.8. The van der Waals surface area contributed by atoms with Gasteiger partial charge in [0, 0.05) is 12.8 Å². The molecule has 3 atom stereocenters. The van der Waals surface area contributed by atoms with Crippen LogP contribution in [0.2, 0.25) is 0 Å². The second kappa shape index (κ2) is 6.58. The Bertz CT molecular complexity index is 268. The minimum atomic E-state index is -0.161. The molecule has 2 nitrogen and oxygen atoms in total. The third-order valence-electron chi connectivity index (χ3n) is 4.96. The fourth-order valence-electron chi connectivity index (χ4n) is 4.17. The zero-order valence-corrected chi connectivity index (χ0v) is 12.8. The van der Waals surface area contributed by atoms with Gasteiger partial charge < -0.3 is 4.74 Å². The van der Waals surface area contributed by atoms with E-state index < -0.39 is 0 Å². The van der Waals surface area contributed by atoms with E-state index in [9.17, 15) is 4.79 Å². The van der Waals surface area contributed by atoms with Crippen molar-refractivity contribution in [2.45, 2.75) is 78.7 Å². The van der Waals surface area contributed by atoms with E-state index >= 15 is 0 Å². The summed E-state index contributed by atoms with van der Waals surface area (Å²) in [4.78, 5) is 11.3. The van der Waals surface area contributed by atoms with E-state index in [1.165, 1.54) is 25.7 Å². The molecular formula is C16H30O2. The summed E-state index contributed by atoms with van der Waals surface area (Å²) in [7, 11) is 0. The molecule has 0 heterocycles. The molecule has 2 aliphatic rings. The zero-order chi connectivity index (χ0) is 13.8. The predicted molar refractivity (Wildman–Crippen MR) is 75.4 cm³/mol. The average Bonchev–Trinajstić information content (AvgIpc) is 3.00. The molecule has 0 aromatic carbocycles. The molecule has 2 heteroatoms. The van der Waals surface area contributed by atoms with Crippen LogP contribution in [0.25, 0.3) is 0 Å². The maximum atomic E-state index is 11.3. The molecule has 3 unspecified atom stereocenters. The van der Waals surface area contributed by atoms with Crippen molar-refractivity contribution in [3.05, 3.63) is 0 Å². The highest BCUT2D eigenvalue weighted by molar-refractivity contribution is 5.66. The van der Waals surface area contributed by atoms with Crippen molar-refractivity contribution in [3.63, 3.8) is 0 Å². The van der Waals surface area contributed by atoms with Crippen molar-refractivity contribution in [2.75, 3.05) is 0 Å². The first kappa shape index (κ1) is 15.5. The molecule has 2 rings (SSSR count). The highest BCUT2D eigenvalue weighted by Crippen LogP contribution is 2.54. The first-order valence-corrected chi connectivity index (χ1v) is 7.81. The number of esters is 1. The Kier molecular flexibility index (Phi) is 5.68. The number of hydrogen-bond acceptors (Lipinski definition) is 2. The number of ether oxygens (including phenoxy) is 1. The van der Waals surface area contributed by atoms with Gasteiger partial charge in [0.25, 0.3) is 0 Å². The normalized spacial score (nSPS) is 29.7. The molecular weight excluding hydrogens is 224 g/mol. The number of fused-ring (bicyclic) bond motifs is 2. The summed E-state index contributed by atoms with van der Waals surface area (Å²) < 4.78 is 5.73. The Labute approximate surface area is 112 Å². The largest absolute Gasteiger partial charge is 0.459 e. The van der Waals surface area contributed by atoms with Crippen molar-refractivity contribution in [1.29, 1.82) is 0 Å². The lowest BCUT2D eigenvalue weighted by atomic mass is 9.73. The summed E-state index contributed by atoms with van der Waals surface area (Å²) in [5, 5.41) is 0. The Morgan fingerprint density at radius 1 is 1.17 bits per heavy atom. The SMILES string of the molecule is CC.CCC(CC)(OC(C)=O)C1CC2CCC1C2. The standard InChI is InChI=1S/C14H24O2.C2H6/c1-4-14(5-2,16-10(3)15)13-9-11-6-7-12(13)8-11;1-2/h11-13H,4-9H2,1-3H3;1-2H3. The van der Waals surface area contributed by atoms with Crippen molar-refractivity contribution >= 4 is 5.97 Å². The fraction of sp³-hybridized carbons (Fsp3) is 0.938. The molecule has 2 aliphatic carbocycles. The van der Waals surface area contributed by atoms with Crippen LogP contribution < -0.4 is 0 Å². The van der Waals surface area contributed by atoms with Gasteiger partial charge in [-0.15, -0.1) is 0 Å². The summed E-state index contributed by atoms with van der Waals surface area (Å²) in [6.07, 6.45) is 7.38. The Hall–Kier alpha value is -0.530. The van der Waals surface area contributed by atoms with Crippen LogP contribution in [0.3, 0.4) is 0 Å². The molecule has 0 radical (unpaired) electrons. The summed E-state index contributed by atoms with van der Waals surface area (Å²) in [6.45, 7) is 9.88. The summed E-state index contributed by atoms with van der Waals surface area (Å²) >= 11 is 0. The van der Waals surface area contributed by atoms with Gasteiger partial charge in [-0.05, 0) is 43.9 Å². The van der Waals surface area contributed by atoms with E-state index in [1.807, 2.05) is 13.8 Å². The van der Waals surface area contributed by atoms with Crippen LogP contribution in [0.15, 0.2) is 0 Å². The van der Waals surface area contributed by atoms with Gasteiger partial charge in [0.15, 0.2) is 0 Å². The lowest BCUT2D eigenvalue weighted by Crippen LogP contribution is -2.43. The second-order valence-electron chi connectivity index (χ2n) is 5.65. The van der Waals surface area contributed by atoms with Gasteiger partial charge in [-0.25, -0.2) is 0 Å². The maximum absolute atomic E-state index is 11.3. The first-order chi connectivity index (χ1) is 8.61. The van der Waals surface area contributed by atoms with E-state index in [1.54, 1.807) is 6.92 Å². The van der Waals surface area contributed by atoms with Gasteiger partial charge in [-0.2, -0.15) is 0 Å². The van der Waals surface area contributed by atoms with E-state index in [4.69, 9.17) is 4.74 Å². The van der Waals surface area contributed by atoms with Gasteiger partial charge in [0.2, 0.25) is 0 Å². The predicted octanol–water partition coefficient (Wildman–Crippen LogP) is 4.57. The van der Waals surface area contributed by atoms with Crippen LogP contribution in [-0.2, 0) is 9.53 Å². The Morgan fingerprint density at radius 3 is 2.11 bits per heavy atom. The molecule has 2 saturated carbocycles. The van der Waals surface area contributed by atoms with E-state index in [0.717, 1.165) is 24.7 Å². The van der Waals surface area contributed by atoms with Gasteiger partial charge >= 0.3 is 5.97 Å². The van der Waals surface area contributed by atoms with Crippen molar-refractivity contribution in [2.24, 2.45) is 17.8 Å². The van der Waals surface area contributed by atoms with Crippen molar-refractivity contribution < 1.29 is 9.53 Å². The third-order valence-corrected chi connectivity index (χ3v) is 4.96. The molecule has 0 N–H and O–H groups in total. The quantitative estimate of drug-likeness (QED) is 0.687. The molecule has 0 aromatic heterocycles. The van der Waals surface area contributed by atoms with Crippen LogP contribution >= 0.6 is 0 Å². The van der Waals surface area contributed by atoms with Gasteiger partial charge in [0.1, 0.15) is 5.60 Å². The molecule has 0 spiro atoms. The molecule has 0 aromatic rings. The highest BCUT2D eigenvalue weighted by atomic mass is 16.6. The van der Waals surface area contributed by atoms with Crippen LogP contribution in [0, 0.1) is 17.8 Å². The summed E-state index contributed by atoms with van der Waals surface area (Å²) in [6, 6.07) is 0. The van der Waals surface area contributed by atoms with Crippen LogP contribution in [-0.4, -0.2) is 11.6 Å². The number of carbonyl (C=O) groups is 1.